The van der Waals surface area contributed by atoms with Gasteiger partial charge in [0.1, 0.15) is 0 Å². The Labute approximate surface area is 158 Å². The number of hydrogen-bond donors (Lipinski definition) is 2. The summed E-state index contributed by atoms with van der Waals surface area (Å²) in [5.41, 5.74) is 6.17. The van der Waals surface area contributed by atoms with Crippen molar-refractivity contribution in [3.8, 4) is 0 Å². The van der Waals surface area contributed by atoms with Gasteiger partial charge in [-0.05, 0) is 37.5 Å². The molecule has 1 fully saturated rings. The van der Waals surface area contributed by atoms with Gasteiger partial charge in [0.25, 0.3) is 0 Å². The second kappa shape index (κ2) is 11.0. The second-order valence-electron chi connectivity index (χ2n) is 8.03. The van der Waals surface area contributed by atoms with Crippen molar-refractivity contribution in [3.63, 3.8) is 0 Å². The monoisotopic (exact) mass is 368 g/mol. The van der Waals surface area contributed by atoms with Gasteiger partial charge in [-0.1, -0.05) is 59.2 Å². The quantitative estimate of drug-likeness (QED) is 0.575. The number of nitrogens with one attached hydrogen (secondary N) is 1. The Morgan fingerprint density at radius 3 is 2.24 bits per heavy atom. The molecule has 1 aliphatic carbocycles. The van der Waals surface area contributed by atoms with E-state index in [9.17, 15) is 9.59 Å². The number of nitrogens with two attached hydrogens (primary N) is 1. The molecule has 0 radical (unpaired) electrons. The first-order valence-electron chi connectivity index (χ1n) is 9.87. The fraction of sp³-hybridized carbons (Fsp3) is 0.850. The molecule has 1 saturated carbocycles. The Morgan fingerprint density at radius 1 is 1.12 bits per heavy atom. The van der Waals surface area contributed by atoms with Crippen molar-refractivity contribution < 1.29 is 9.59 Å². The highest BCUT2D eigenvalue weighted by Gasteiger charge is 2.29. The highest BCUT2D eigenvalue weighted by molar-refractivity contribution is 7.80. The van der Waals surface area contributed by atoms with Crippen molar-refractivity contribution >= 4 is 28.8 Å². The summed E-state index contributed by atoms with van der Waals surface area (Å²) in [5.74, 6) is 0.331. The van der Waals surface area contributed by atoms with Crippen LogP contribution < -0.4 is 11.1 Å². The summed E-state index contributed by atoms with van der Waals surface area (Å²) in [7, 11) is 0. The van der Waals surface area contributed by atoms with Crippen LogP contribution in [0.4, 0.5) is 0 Å². The maximum Gasteiger partial charge on any atom is 0.223 e. The molecule has 0 aromatic carbocycles. The van der Waals surface area contributed by atoms with Gasteiger partial charge in [-0.3, -0.25) is 9.59 Å². The van der Waals surface area contributed by atoms with E-state index in [2.05, 4.69) is 19.2 Å². The molecule has 0 aromatic heterocycles. The average Bonchev–Trinajstić information content (AvgIpc) is 2.58. The van der Waals surface area contributed by atoms with Gasteiger partial charge in [0.2, 0.25) is 5.91 Å². The van der Waals surface area contributed by atoms with Crippen molar-refractivity contribution in [2.45, 2.75) is 91.1 Å². The molecule has 1 rings (SSSR count). The SMILES string of the molecule is CC[C@H](NC(=O)[C@H](C)CC(=O)[C@@H](N)C1CCCCC1)C(=S)CC(C)C. The van der Waals surface area contributed by atoms with Crippen LogP contribution in [0.5, 0.6) is 0 Å². The van der Waals surface area contributed by atoms with Gasteiger partial charge < -0.3 is 11.1 Å². The second-order valence-corrected chi connectivity index (χ2v) is 8.55. The van der Waals surface area contributed by atoms with Gasteiger partial charge in [-0.2, -0.15) is 0 Å². The van der Waals surface area contributed by atoms with E-state index >= 15 is 0 Å². The molecule has 0 aliphatic heterocycles. The molecule has 0 aromatic rings. The number of Topliss-reactive ketones (excluding diaryl/α,β-unsaturated/α-hetero) is 1. The van der Waals surface area contributed by atoms with E-state index in [-0.39, 0.29) is 30.1 Å². The van der Waals surface area contributed by atoms with E-state index in [1.54, 1.807) is 6.92 Å². The number of hydrogen-bond acceptors (Lipinski definition) is 4. The Hall–Kier alpha value is -0.810. The minimum Gasteiger partial charge on any atom is -0.349 e. The van der Waals surface area contributed by atoms with Crippen molar-refractivity contribution in [2.75, 3.05) is 0 Å². The van der Waals surface area contributed by atoms with Crippen LogP contribution in [0, 0.1) is 17.8 Å². The molecule has 1 amide bonds. The molecule has 0 bridgehead atoms. The fourth-order valence-corrected chi connectivity index (χ4v) is 4.11. The van der Waals surface area contributed by atoms with Crippen LogP contribution >= 0.6 is 12.2 Å². The lowest BCUT2D eigenvalue weighted by Crippen LogP contribution is -2.45. The zero-order chi connectivity index (χ0) is 19.0. The fourth-order valence-electron chi connectivity index (χ4n) is 3.56. The topological polar surface area (TPSA) is 72.2 Å². The molecule has 0 spiro atoms. The van der Waals surface area contributed by atoms with Gasteiger partial charge in [-0.15, -0.1) is 0 Å². The van der Waals surface area contributed by atoms with E-state index in [1.165, 1.54) is 6.42 Å². The number of amides is 1. The summed E-state index contributed by atoms with van der Waals surface area (Å²) in [6.45, 7) is 8.06. The van der Waals surface area contributed by atoms with E-state index in [4.69, 9.17) is 18.0 Å². The number of thiocarbonyl (C=S) groups is 1. The Kier molecular flexibility index (Phi) is 9.80. The molecule has 0 unspecified atom stereocenters. The van der Waals surface area contributed by atoms with E-state index < -0.39 is 6.04 Å². The number of carbonyl (C=O) groups excluding carboxylic acids is 2. The summed E-state index contributed by atoms with van der Waals surface area (Å²) in [6.07, 6.45) is 7.46. The Balaban J connectivity index is 2.51. The average molecular weight is 369 g/mol. The molecule has 3 N–H and O–H groups in total. The van der Waals surface area contributed by atoms with Crippen LogP contribution in [0.3, 0.4) is 0 Å². The highest BCUT2D eigenvalue weighted by atomic mass is 32.1. The maximum atomic E-state index is 12.5. The van der Waals surface area contributed by atoms with Crippen LogP contribution in [0.1, 0.15) is 79.1 Å². The van der Waals surface area contributed by atoms with Crippen molar-refractivity contribution in [1.29, 1.82) is 0 Å². The van der Waals surface area contributed by atoms with Crippen molar-refractivity contribution in [1.82, 2.24) is 5.32 Å². The van der Waals surface area contributed by atoms with Crippen LogP contribution in [0.25, 0.3) is 0 Å². The molecule has 5 heteroatoms. The van der Waals surface area contributed by atoms with Crippen molar-refractivity contribution in [3.05, 3.63) is 0 Å². The number of carbonyl (C=O) groups is 2. The smallest absolute Gasteiger partial charge is 0.223 e. The molecule has 1 aliphatic rings. The highest BCUT2D eigenvalue weighted by Crippen LogP contribution is 2.26. The predicted molar refractivity (Wildman–Crippen MR) is 108 cm³/mol. The molecular formula is C20H36N2O2S. The van der Waals surface area contributed by atoms with Gasteiger partial charge in [-0.25, -0.2) is 0 Å². The normalized spacial score (nSPS) is 19.3. The maximum absolute atomic E-state index is 12.5. The molecule has 4 nitrogen and oxygen atoms in total. The minimum atomic E-state index is -0.417. The molecule has 0 saturated heterocycles. The molecule has 25 heavy (non-hydrogen) atoms. The van der Waals surface area contributed by atoms with E-state index in [1.807, 2.05) is 6.92 Å². The van der Waals surface area contributed by atoms with E-state index in [0.717, 1.165) is 43.4 Å². The zero-order valence-electron chi connectivity index (χ0n) is 16.3. The van der Waals surface area contributed by atoms with Gasteiger partial charge in [0, 0.05) is 17.2 Å². The summed E-state index contributed by atoms with van der Waals surface area (Å²) >= 11 is 5.47. The molecule has 0 heterocycles. The third kappa shape index (κ3) is 7.53. The van der Waals surface area contributed by atoms with Crippen LogP contribution in [0.15, 0.2) is 0 Å². The summed E-state index contributed by atoms with van der Waals surface area (Å²) in [4.78, 5) is 25.8. The molecular weight excluding hydrogens is 332 g/mol. The standard InChI is InChI=1S/C20H36N2O2S/c1-5-16(18(25)11-13(2)3)22-20(24)14(4)12-17(23)19(21)15-9-7-6-8-10-15/h13-16,19H,5-12,21H2,1-4H3,(H,22,24)/t14-,16+,19+/m1/s1. The zero-order valence-corrected chi connectivity index (χ0v) is 17.2. The van der Waals surface area contributed by atoms with Crippen molar-refractivity contribution in [2.24, 2.45) is 23.5 Å². The number of ketones is 1. The lowest BCUT2D eigenvalue weighted by Gasteiger charge is -2.27. The van der Waals surface area contributed by atoms with Crippen LogP contribution in [-0.2, 0) is 9.59 Å². The van der Waals surface area contributed by atoms with E-state index in [0.29, 0.717) is 11.8 Å². The lowest BCUT2D eigenvalue weighted by atomic mass is 9.81. The Bertz CT molecular complexity index is 459. The van der Waals surface area contributed by atoms with Gasteiger partial charge in [0.05, 0.1) is 12.1 Å². The Morgan fingerprint density at radius 2 is 1.72 bits per heavy atom. The first-order valence-corrected chi connectivity index (χ1v) is 10.3. The van der Waals surface area contributed by atoms with Crippen LogP contribution in [0.2, 0.25) is 0 Å². The summed E-state index contributed by atoms with van der Waals surface area (Å²) < 4.78 is 0. The third-order valence-electron chi connectivity index (χ3n) is 5.21. The minimum absolute atomic E-state index is 0.0207. The predicted octanol–water partition coefficient (Wildman–Crippen LogP) is 3.80. The summed E-state index contributed by atoms with van der Waals surface area (Å²) in [6, 6.07) is -0.506. The van der Waals surface area contributed by atoms with Gasteiger partial charge >= 0.3 is 0 Å². The molecule has 144 valence electrons. The van der Waals surface area contributed by atoms with Crippen LogP contribution in [-0.4, -0.2) is 28.6 Å². The lowest BCUT2D eigenvalue weighted by molar-refractivity contribution is -0.130. The van der Waals surface area contributed by atoms with Gasteiger partial charge in [0.15, 0.2) is 5.78 Å². The first kappa shape index (κ1) is 22.2. The largest absolute Gasteiger partial charge is 0.349 e. The third-order valence-corrected chi connectivity index (χ3v) is 5.66. The summed E-state index contributed by atoms with van der Waals surface area (Å²) in [5, 5.41) is 3.02. The first-order chi connectivity index (χ1) is 11.8. The molecule has 3 atom stereocenters. The number of rotatable bonds is 10.